The first-order valence-corrected chi connectivity index (χ1v) is 10.7. The molecule has 3 heterocycles. The fourth-order valence-electron chi connectivity index (χ4n) is 5.26. The van der Waals surface area contributed by atoms with Gasteiger partial charge in [-0.2, -0.15) is 0 Å². The van der Waals surface area contributed by atoms with Crippen LogP contribution in [0.1, 0.15) is 35.8 Å². The van der Waals surface area contributed by atoms with Crippen molar-refractivity contribution < 1.29 is 28.2 Å². The number of hydrogen-bond acceptors (Lipinski definition) is 5. The summed E-state index contributed by atoms with van der Waals surface area (Å²) in [4.78, 5) is 42.0. The van der Waals surface area contributed by atoms with E-state index in [1.807, 2.05) is 0 Å². The van der Waals surface area contributed by atoms with Crippen LogP contribution in [-0.2, 0) is 14.3 Å². The minimum absolute atomic E-state index is 0.0143. The van der Waals surface area contributed by atoms with Gasteiger partial charge in [0.15, 0.2) is 0 Å². The molecule has 0 spiro atoms. The van der Waals surface area contributed by atoms with Crippen LogP contribution < -0.4 is 10.1 Å². The van der Waals surface area contributed by atoms with Gasteiger partial charge in [-0.15, -0.1) is 0 Å². The number of nitrogens with one attached hydrogen (secondary N) is 1. The van der Waals surface area contributed by atoms with Gasteiger partial charge in [0.25, 0.3) is 11.8 Å². The number of amides is 2. The summed E-state index contributed by atoms with van der Waals surface area (Å²) in [6.07, 6.45) is 0. The van der Waals surface area contributed by atoms with Crippen LogP contribution in [0.3, 0.4) is 0 Å². The first kappa shape index (κ1) is 20.8. The highest BCUT2D eigenvalue weighted by Gasteiger charge is 2.67. The highest BCUT2D eigenvalue weighted by Crippen LogP contribution is 2.57. The van der Waals surface area contributed by atoms with Gasteiger partial charge in [-0.05, 0) is 50.2 Å². The van der Waals surface area contributed by atoms with Crippen LogP contribution in [0, 0.1) is 17.7 Å². The summed E-state index contributed by atoms with van der Waals surface area (Å²) in [6.45, 7) is 3.44. The van der Waals surface area contributed by atoms with E-state index in [-0.39, 0.29) is 24.5 Å². The predicted molar refractivity (Wildman–Crippen MR) is 113 cm³/mol. The number of esters is 1. The summed E-state index contributed by atoms with van der Waals surface area (Å²) in [5.74, 6) is -3.36. The molecule has 1 fully saturated rings. The van der Waals surface area contributed by atoms with E-state index in [0.717, 1.165) is 6.07 Å². The third kappa shape index (κ3) is 2.75. The molecule has 9 heteroatoms. The maximum atomic E-state index is 14.1. The van der Waals surface area contributed by atoms with Gasteiger partial charge in [0.1, 0.15) is 17.1 Å². The van der Waals surface area contributed by atoms with Crippen molar-refractivity contribution in [1.29, 1.82) is 0 Å². The van der Waals surface area contributed by atoms with Gasteiger partial charge in [-0.1, -0.05) is 11.6 Å². The third-order valence-corrected chi connectivity index (χ3v) is 6.85. The SMILES string of the molecule is CCOC(=O)C1C2COc3ccc(Cl)cc3C2N2C(=O)c3cc(F)ccc3NC(=O)[C@@]12C. The number of halogens is 2. The fourth-order valence-corrected chi connectivity index (χ4v) is 5.44. The molecule has 0 aliphatic carbocycles. The molecule has 3 unspecified atom stereocenters. The first-order valence-electron chi connectivity index (χ1n) is 10.3. The van der Waals surface area contributed by atoms with Crippen LogP contribution in [0.4, 0.5) is 10.1 Å². The summed E-state index contributed by atoms with van der Waals surface area (Å²) < 4.78 is 25.3. The number of anilines is 1. The molecule has 2 amide bonds. The molecular weight excluding hydrogens is 439 g/mol. The van der Waals surface area contributed by atoms with Gasteiger partial charge < -0.3 is 19.7 Å². The topological polar surface area (TPSA) is 84.9 Å². The Balaban J connectivity index is 1.77. The number of benzene rings is 2. The van der Waals surface area contributed by atoms with Crippen molar-refractivity contribution >= 4 is 35.1 Å². The van der Waals surface area contributed by atoms with Crippen molar-refractivity contribution in [1.82, 2.24) is 4.90 Å². The van der Waals surface area contributed by atoms with E-state index in [1.165, 1.54) is 17.0 Å². The molecule has 0 bridgehead atoms. The predicted octanol–water partition coefficient (Wildman–Crippen LogP) is 3.57. The largest absolute Gasteiger partial charge is 0.493 e. The Kier molecular flexibility index (Phi) is 4.67. The molecule has 0 radical (unpaired) electrons. The number of carbonyl (C=O) groups excluding carboxylic acids is 3. The zero-order chi connectivity index (χ0) is 22.8. The lowest BCUT2D eigenvalue weighted by Gasteiger charge is -2.38. The number of hydrogen-bond donors (Lipinski definition) is 1. The Labute approximate surface area is 188 Å². The van der Waals surface area contributed by atoms with E-state index in [0.29, 0.717) is 16.3 Å². The Bertz CT molecular complexity index is 1170. The molecule has 0 aromatic heterocycles. The molecule has 3 aliphatic rings. The third-order valence-electron chi connectivity index (χ3n) is 6.62. The van der Waals surface area contributed by atoms with E-state index >= 15 is 0 Å². The van der Waals surface area contributed by atoms with E-state index < -0.39 is 47.0 Å². The number of nitrogens with zero attached hydrogens (tertiary/aromatic N) is 1. The summed E-state index contributed by atoms with van der Waals surface area (Å²) >= 11 is 6.25. The molecule has 32 heavy (non-hydrogen) atoms. The van der Waals surface area contributed by atoms with Crippen molar-refractivity contribution in [2.24, 2.45) is 11.8 Å². The minimum atomic E-state index is -1.60. The molecule has 0 saturated carbocycles. The van der Waals surface area contributed by atoms with Gasteiger partial charge in [0.05, 0.1) is 36.4 Å². The average molecular weight is 459 g/mol. The van der Waals surface area contributed by atoms with E-state index in [2.05, 4.69) is 5.32 Å². The van der Waals surface area contributed by atoms with Crippen molar-refractivity contribution in [2.45, 2.75) is 25.4 Å². The minimum Gasteiger partial charge on any atom is -0.493 e. The van der Waals surface area contributed by atoms with Gasteiger partial charge in [-0.3, -0.25) is 14.4 Å². The number of ether oxygens (including phenoxy) is 2. The fraction of sp³-hybridized carbons (Fsp3) is 0.348. The molecule has 2 aromatic rings. The van der Waals surface area contributed by atoms with Crippen LogP contribution in [0.25, 0.3) is 0 Å². The van der Waals surface area contributed by atoms with Gasteiger partial charge in [-0.25, -0.2) is 4.39 Å². The molecule has 7 nitrogen and oxygen atoms in total. The van der Waals surface area contributed by atoms with Crippen LogP contribution in [0.2, 0.25) is 5.02 Å². The second-order valence-corrected chi connectivity index (χ2v) is 8.73. The van der Waals surface area contributed by atoms with Crippen LogP contribution in [0.5, 0.6) is 5.75 Å². The summed E-state index contributed by atoms with van der Waals surface area (Å²) in [5, 5.41) is 3.14. The summed E-state index contributed by atoms with van der Waals surface area (Å²) in [6, 6.07) is 7.94. The van der Waals surface area contributed by atoms with E-state index in [9.17, 15) is 18.8 Å². The highest BCUT2D eigenvalue weighted by molar-refractivity contribution is 6.30. The van der Waals surface area contributed by atoms with Crippen molar-refractivity contribution in [2.75, 3.05) is 18.5 Å². The molecule has 4 atom stereocenters. The van der Waals surface area contributed by atoms with Crippen molar-refractivity contribution in [3.63, 3.8) is 0 Å². The van der Waals surface area contributed by atoms with Gasteiger partial charge >= 0.3 is 5.97 Å². The van der Waals surface area contributed by atoms with Gasteiger partial charge in [0, 0.05) is 16.5 Å². The van der Waals surface area contributed by atoms with E-state index in [4.69, 9.17) is 21.1 Å². The average Bonchev–Trinajstić information content (AvgIpc) is 3.00. The summed E-state index contributed by atoms with van der Waals surface area (Å²) in [7, 11) is 0. The van der Waals surface area contributed by atoms with Crippen molar-refractivity contribution in [3.8, 4) is 5.75 Å². The van der Waals surface area contributed by atoms with Crippen LogP contribution >= 0.6 is 11.6 Å². The lowest BCUT2D eigenvalue weighted by atomic mass is 9.77. The quantitative estimate of drug-likeness (QED) is 0.695. The Morgan fingerprint density at radius 1 is 1.31 bits per heavy atom. The maximum Gasteiger partial charge on any atom is 0.312 e. The zero-order valence-corrected chi connectivity index (χ0v) is 18.1. The van der Waals surface area contributed by atoms with E-state index in [1.54, 1.807) is 32.0 Å². The van der Waals surface area contributed by atoms with Crippen LogP contribution in [-0.4, -0.2) is 41.4 Å². The Morgan fingerprint density at radius 3 is 2.84 bits per heavy atom. The Morgan fingerprint density at radius 2 is 2.09 bits per heavy atom. The highest BCUT2D eigenvalue weighted by atomic mass is 35.5. The number of rotatable bonds is 2. The molecular formula is C23H20ClFN2O5. The standard InChI is InChI=1S/C23H20ClFN2O5/c1-3-31-21(29)18-15-10-32-17-7-4-11(24)8-14(17)19(15)27-20(28)13-9-12(25)5-6-16(13)26-22(30)23(18,27)2/h4-9,15,18-19H,3,10H2,1-2H3,(H,26,30)/t15?,18?,19?,23-/m1/s1. The Hall–Kier alpha value is -3.13. The molecule has 166 valence electrons. The number of carbonyl (C=O) groups is 3. The lowest BCUT2D eigenvalue weighted by Crippen LogP contribution is -2.57. The van der Waals surface area contributed by atoms with Crippen molar-refractivity contribution in [3.05, 3.63) is 58.4 Å². The zero-order valence-electron chi connectivity index (χ0n) is 17.4. The lowest BCUT2D eigenvalue weighted by molar-refractivity contribution is -0.155. The number of fused-ring (bicyclic) bond motifs is 6. The molecule has 1 saturated heterocycles. The first-order chi connectivity index (χ1) is 15.3. The monoisotopic (exact) mass is 458 g/mol. The molecule has 5 rings (SSSR count). The van der Waals surface area contributed by atoms with Gasteiger partial charge in [0.2, 0.25) is 0 Å². The summed E-state index contributed by atoms with van der Waals surface area (Å²) in [5.41, 5.74) is -0.802. The molecule has 2 aromatic carbocycles. The second kappa shape index (κ2) is 7.20. The maximum absolute atomic E-state index is 14.1. The normalized spacial score (nSPS) is 27.9. The smallest absolute Gasteiger partial charge is 0.312 e. The van der Waals surface area contributed by atoms with Crippen LogP contribution in [0.15, 0.2) is 36.4 Å². The molecule has 3 aliphatic heterocycles. The molecule has 1 N–H and O–H groups in total. The second-order valence-electron chi connectivity index (χ2n) is 8.30.